The van der Waals surface area contributed by atoms with E-state index >= 15 is 0 Å². The molecule has 148 valence electrons. The summed E-state index contributed by atoms with van der Waals surface area (Å²) < 4.78 is 16.5. The fraction of sp³-hybridized carbons (Fsp3) is 0.632. The molecular weight excluding hydrogens is 354 g/mol. The van der Waals surface area contributed by atoms with Crippen LogP contribution < -0.4 is 20.1 Å². The van der Waals surface area contributed by atoms with E-state index in [1.165, 1.54) is 0 Å². The predicted octanol–water partition coefficient (Wildman–Crippen LogP) is 3.48. The van der Waals surface area contributed by atoms with E-state index in [1.54, 1.807) is 14.2 Å². The first kappa shape index (κ1) is 22.4. The molecule has 1 aromatic rings. The van der Waals surface area contributed by atoms with Gasteiger partial charge in [0.25, 0.3) is 0 Å². The van der Waals surface area contributed by atoms with Crippen LogP contribution in [0, 0.1) is 5.92 Å². The number of nitrogens with zero attached hydrogens (tertiary/aromatic N) is 1. The van der Waals surface area contributed by atoms with Crippen LogP contribution >= 0.6 is 11.6 Å². The Bertz CT molecular complexity index is 565. The molecule has 0 aliphatic carbocycles. The van der Waals surface area contributed by atoms with Gasteiger partial charge in [-0.1, -0.05) is 25.4 Å². The van der Waals surface area contributed by atoms with Gasteiger partial charge in [-0.15, -0.1) is 0 Å². The maximum atomic E-state index is 6.30. The molecule has 0 saturated heterocycles. The molecule has 7 heteroatoms. The summed E-state index contributed by atoms with van der Waals surface area (Å²) in [5, 5.41) is 7.08. The van der Waals surface area contributed by atoms with Crippen molar-refractivity contribution in [3.8, 4) is 11.5 Å². The molecule has 26 heavy (non-hydrogen) atoms. The van der Waals surface area contributed by atoms with Gasteiger partial charge in [-0.3, -0.25) is 4.99 Å². The monoisotopic (exact) mass is 385 g/mol. The van der Waals surface area contributed by atoms with Crippen LogP contribution in [-0.4, -0.2) is 46.5 Å². The van der Waals surface area contributed by atoms with Crippen molar-refractivity contribution >= 4 is 17.6 Å². The highest BCUT2D eigenvalue weighted by Gasteiger charge is 2.11. The van der Waals surface area contributed by atoms with Crippen LogP contribution in [-0.2, 0) is 11.3 Å². The average molecular weight is 386 g/mol. The first-order chi connectivity index (χ1) is 12.5. The fourth-order valence-electron chi connectivity index (χ4n) is 2.27. The Morgan fingerprint density at radius 2 is 2.04 bits per heavy atom. The van der Waals surface area contributed by atoms with Crippen molar-refractivity contribution in [3.63, 3.8) is 0 Å². The molecule has 0 aliphatic rings. The summed E-state index contributed by atoms with van der Waals surface area (Å²) in [5.41, 5.74) is 0.985. The van der Waals surface area contributed by atoms with Gasteiger partial charge in [0, 0.05) is 33.4 Å². The third kappa shape index (κ3) is 8.15. The zero-order chi connectivity index (χ0) is 19.4. The average Bonchev–Trinajstić information content (AvgIpc) is 2.62. The van der Waals surface area contributed by atoms with Crippen molar-refractivity contribution in [2.45, 2.75) is 33.7 Å². The van der Waals surface area contributed by atoms with Gasteiger partial charge < -0.3 is 24.8 Å². The molecule has 0 spiro atoms. The minimum atomic E-state index is 0.533. The molecule has 6 nitrogen and oxygen atoms in total. The number of rotatable bonds is 11. The second-order valence-corrected chi connectivity index (χ2v) is 6.62. The highest BCUT2D eigenvalue weighted by atomic mass is 35.5. The van der Waals surface area contributed by atoms with Crippen LogP contribution in [0.4, 0.5) is 0 Å². The van der Waals surface area contributed by atoms with E-state index in [4.69, 9.17) is 25.8 Å². The molecular formula is C19H32ClN3O3. The Hall–Kier alpha value is -1.66. The fourth-order valence-corrected chi connectivity index (χ4v) is 2.55. The largest absolute Gasteiger partial charge is 0.493 e. The summed E-state index contributed by atoms with van der Waals surface area (Å²) in [6.07, 6.45) is 0.927. The molecule has 0 bridgehead atoms. The van der Waals surface area contributed by atoms with Crippen LogP contribution in [0.1, 0.15) is 32.8 Å². The van der Waals surface area contributed by atoms with Crippen molar-refractivity contribution < 1.29 is 14.2 Å². The van der Waals surface area contributed by atoms with Gasteiger partial charge in [-0.25, -0.2) is 0 Å². The lowest BCUT2D eigenvalue weighted by molar-refractivity contribution is 0.108. The highest BCUT2D eigenvalue weighted by Crippen LogP contribution is 2.36. The number of guanidine groups is 1. The normalized spacial score (nSPS) is 11.6. The molecule has 0 heterocycles. The van der Waals surface area contributed by atoms with E-state index in [-0.39, 0.29) is 0 Å². The van der Waals surface area contributed by atoms with E-state index in [9.17, 15) is 0 Å². The third-order valence-electron chi connectivity index (χ3n) is 3.47. The van der Waals surface area contributed by atoms with Gasteiger partial charge >= 0.3 is 0 Å². The van der Waals surface area contributed by atoms with Crippen molar-refractivity contribution in [1.29, 1.82) is 0 Å². The van der Waals surface area contributed by atoms with Crippen LogP contribution in [0.2, 0.25) is 5.02 Å². The highest BCUT2D eigenvalue weighted by molar-refractivity contribution is 6.32. The number of aliphatic imine (C=N–C) groups is 1. The lowest BCUT2D eigenvalue weighted by Gasteiger charge is -2.15. The molecule has 0 aliphatic heterocycles. The zero-order valence-corrected chi connectivity index (χ0v) is 17.3. The number of methoxy groups -OCH3 is 1. The van der Waals surface area contributed by atoms with Crippen molar-refractivity contribution in [2.75, 3.05) is 40.5 Å². The van der Waals surface area contributed by atoms with Crippen LogP contribution in [0.3, 0.4) is 0 Å². The van der Waals surface area contributed by atoms with Crippen LogP contribution in [0.5, 0.6) is 11.5 Å². The molecule has 1 rings (SSSR count). The summed E-state index contributed by atoms with van der Waals surface area (Å²) >= 11 is 6.30. The quantitative estimate of drug-likeness (QED) is 0.347. The molecule has 0 unspecified atom stereocenters. The Morgan fingerprint density at radius 1 is 1.27 bits per heavy atom. The van der Waals surface area contributed by atoms with Crippen LogP contribution in [0.15, 0.2) is 17.1 Å². The van der Waals surface area contributed by atoms with E-state index < -0.39 is 0 Å². The lowest BCUT2D eigenvalue weighted by atomic mass is 10.2. The minimum Gasteiger partial charge on any atom is -0.493 e. The van der Waals surface area contributed by atoms with Gasteiger partial charge in [-0.05, 0) is 37.0 Å². The standard InChI is InChI=1S/C19H32ClN3O3/c1-6-26-18-16(20)10-15(11-17(18)24-5)12-23-19(21-4)22-8-7-9-25-13-14(2)3/h10-11,14H,6-9,12-13H2,1-5H3,(H2,21,22,23). The van der Waals surface area contributed by atoms with Crippen molar-refractivity contribution in [1.82, 2.24) is 10.6 Å². The number of hydrogen-bond donors (Lipinski definition) is 2. The third-order valence-corrected chi connectivity index (χ3v) is 3.75. The molecule has 1 aromatic carbocycles. The summed E-state index contributed by atoms with van der Waals surface area (Å²) in [4.78, 5) is 4.23. The van der Waals surface area contributed by atoms with Gasteiger partial charge in [-0.2, -0.15) is 0 Å². The van der Waals surface area contributed by atoms with Gasteiger partial charge in [0.05, 0.1) is 18.7 Å². The first-order valence-electron chi connectivity index (χ1n) is 9.03. The first-order valence-corrected chi connectivity index (χ1v) is 9.41. The van der Waals surface area contributed by atoms with Gasteiger partial charge in [0.15, 0.2) is 17.5 Å². The second-order valence-electron chi connectivity index (χ2n) is 6.22. The summed E-state index contributed by atoms with van der Waals surface area (Å²) in [5.74, 6) is 2.50. The number of nitrogens with one attached hydrogen (secondary N) is 2. The zero-order valence-electron chi connectivity index (χ0n) is 16.5. The summed E-state index contributed by atoms with van der Waals surface area (Å²) in [6, 6.07) is 3.78. The van der Waals surface area contributed by atoms with Gasteiger partial charge in [0.2, 0.25) is 0 Å². The lowest BCUT2D eigenvalue weighted by Crippen LogP contribution is -2.37. The topological polar surface area (TPSA) is 64.1 Å². The van der Waals surface area contributed by atoms with Crippen LogP contribution in [0.25, 0.3) is 0 Å². The Balaban J connectivity index is 2.47. The van der Waals surface area contributed by atoms with E-state index in [2.05, 4.69) is 29.5 Å². The van der Waals surface area contributed by atoms with E-state index in [0.717, 1.165) is 37.7 Å². The Labute approximate surface area is 162 Å². The maximum absolute atomic E-state index is 6.30. The number of ether oxygens (including phenoxy) is 3. The second kappa shape index (κ2) is 12.7. The smallest absolute Gasteiger partial charge is 0.191 e. The summed E-state index contributed by atoms with van der Waals surface area (Å²) in [6.45, 7) is 9.65. The summed E-state index contributed by atoms with van der Waals surface area (Å²) in [7, 11) is 3.35. The van der Waals surface area contributed by atoms with Crippen molar-refractivity contribution in [2.24, 2.45) is 10.9 Å². The SMILES string of the molecule is CCOc1c(Cl)cc(CNC(=NC)NCCCOCC(C)C)cc1OC. The van der Waals surface area contributed by atoms with E-state index in [1.807, 2.05) is 19.1 Å². The Kier molecular flexibility index (Phi) is 10.9. The molecule has 0 saturated carbocycles. The molecule has 0 aromatic heterocycles. The molecule has 0 radical (unpaired) electrons. The number of hydrogen-bond acceptors (Lipinski definition) is 4. The number of halogens is 1. The minimum absolute atomic E-state index is 0.533. The molecule has 0 atom stereocenters. The Morgan fingerprint density at radius 3 is 2.65 bits per heavy atom. The molecule has 0 fully saturated rings. The maximum Gasteiger partial charge on any atom is 0.191 e. The van der Waals surface area contributed by atoms with E-state index in [0.29, 0.717) is 35.6 Å². The molecule has 2 N–H and O–H groups in total. The number of benzene rings is 1. The predicted molar refractivity (Wildman–Crippen MR) is 108 cm³/mol. The van der Waals surface area contributed by atoms with Crippen molar-refractivity contribution in [3.05, 3.63) is 22.7 Å². The van der Waals surface area contributed by atoms with Gasteiger partial charge in [0.1, 0.15) is 0 Å². The molecule has 0 amide bonds.